The van der Waals surface area contributed by atoms with Crippen LogP contribution in [0.3, 0.4) is 0 Å². The number of hydrogen-bond donors (Lipinski definition) is 1. The maximum atomic E-state index is 4.64. The predicted octanol–water partition coefficient (Wildman–Crippen LogP) is 2.57. The molecule has 21 heavy (non-hydrogen) atoms. The van der Waals surface area contributed by atoms with Crippen molar-refractivity contribution in [3.05, 3.63) is 53.5 Å². The average Bonchev–Trinajstić information content (AvgIpc) is 2.51. The zero-order valence-electron chi connectivity index (χ0n) is 13.1. The molecule has 2 rings (SSSR count). The molecule has 0 bridgehead atoms. The molecule has 0 aromatic carbocycles. The third kappa shape index (κ3) is 4.83. The first-order valence-electron chi connectivity index (χ1n) is 7.47. The minimum absolute atomic E-state index is 0.894. The molecule has 0 amide bonds. The summed E-state index contributed by atoms with van der Waals surface area (Å²) < 4.78 is 0. The Balaban J connectivity index is 2.01. The highest BCUT2D eigenvalue weighted by molar-refractivity contribution is 5.42. The molecule has 112 valence electrons. The summed E-state index contributed by atoms with van der Waals surface area (Å²) >= 11 is 0. The van der Waals surface area contributed by atoms with Gasteiger partial charge in [-0.2, -0.15) is 0 Å². The van der Waals surface area contributed by atoms with E-state index in [9.17, 15) is 0 Å². The SMILES string of the molecule is CCNCc1cc(C)nc(N(C)CCc2ccncc2)c1. The van der Waals surface area contributed by atoms with E-state index in [1.807, 2.05) is 12.4 Å². The molecule has 1 N–H and O–H groups in total. The molecule has 0 aliphatic rings. The fraction of sp³-hybridized carbons (Fsp3) is 0.412. The average molecular weight is 284 g/mol. The Hall–Kier alpha value is -1.94. The van der Waals surface area contributed by atoms with Crippen molar-refractivity contribution in [2.75, 3.05) is 25.0 Å². The van der Waals surface area contributed by atoms with Gasteiger partial charge in [-0.05, 0) is 55.3 Å². The first-order chi connectivity index (χ1) is 10.2. The van der Waals surface area contributed by atoms with Gasteiger partial charge in [0, 0.05) is 38.2 Å². The van der Waals surface area contributed by atoms with E-state index >= 15 is 0 Å². The van der Waals surface area contributed by atoms with Crippen LogP contribution >= 0.6 is 0 Å². The lowest BCUT2D eigenvalue weighted by atomic mass is 10.2. The lowest BCUT2D eigenvalue weighted by Gasteiger charge is -2.19. The van der Waals surface area contributed by atoms with Crippen LogP contribution in [-0.4, -0.2) is 30.1 Å². The second-order valence-corrected chi connectivity index (χ2v) is 5.28. The van der Waals surface area contributed by atoms with E-state index < -0.39 is 0 Å². The Morgan fingerprint density at radius 3 is 2.62 bits per heavy atom. The van der Waals surface area contributed by atoms with E-state index in [0.717, 1.165) is 37.6 Å². The van der Waals surface area contributed by atoms with Crippen LogP contribution in [-0.2, 0) is 13.0 Å². The highest BCUT2D eigenvalue weighted by Gasteiger charge is 2.06. The van der Waals surface area contributed by atoms with Gasteiger partial charge in [0.1, 0.15) is 5.82 Å². The summed E-state index contributed by atoms with van der Waals surface area (Å²) in [7, 11) is 2.10. The first kappa shape index (κ1) is 15.4. The molecule has 0 saturated heterocycles. The molecule has 4 heteroatoms. The van der Waals surface area contributed by atoms with Crippen molar-refractivity contribution in [2.45, 2.75) is 26.8 Å². The van der Waals surface area contributed by atoms with Gasteiger partial charge in [-0.3, -0.25) is 4.98 Å². The maximum Gasteiger partial charge on any atom is 0.128 e. The van der Waals surface area contributed by atoms with E-state index in [4.69, 9.17) is 0 Å². The van der Waals surface area contributed by atoms with E-state index in [1.165, 1.54) is 11.1 Å². The van der Waals surface area contributed by atoms with Crippen molar-refractivity contribution in [1.29, 1.82) is 0 Å². The molecule has 0 radical (unpaired) electrons. The van der Waals surface area contributed by atoms with Crippen LogP contribution < -0.4 is 10.2 Å². The number of rotatable bonds is 7. The molecule has 2 heterocycles. The number of likely N-dealkylation sites (N-methyl/N-ethyl adjacent to an activating group) is 1. The Kier molecular flexibility index (Phi) is 5.69. The van der Waals surface area contributed by atoms with E-state index in [1.54, 1.807) is 0 Å². The monoisotopic (exact) mass is 284 g/mol. The summed E-state index contributed by atoms with van der Waals surface area (Å²) in [5, 5.41) is 3.36. The van der Waals surface area contributed by atoms with Crippen LogP contribution in [0.2, 0.25) is 0 Å². The molecule has 0 aliphatic carbocycles. The van der Waals surface area contributed by atoms with Crippen LogP contribution in [0.4, 0.5) is 5.82 Å². The third-order valence-electron chi connectivity index (χ3n) is 3.46. The van der Waals surface area contributed by atoms with Crippen LogP contribution in [0, 0.1) is 6.92 Å². The number of nitrogens with one attached hydrogen (secondary N) is 1. The van der Waals surface area contributed by atoms with E-state index in [0.29, 0.717) is 0 Å². The van der Waals surface area contributed by atoms with Crippen molar-refractivity contribution in [2.24, 2.45) is 0 Å². The third-order valence-corrected chi connectivity index (χ3v) is 3.46. The number of aryl methyl sites for hydroxylation is 1. The second kappa shape index (κ2) is 7.74. The summed E-state index contributed by atoms with van der Waals surface area (Å²) in [6.45, 7) is 6.99. The smallest absolute Gasteiger partial charge is 0.128 e. The van der Waals surface area contributed by atoms with Gasteiger partial charge in [0.25, 0.3) is 0 Å². The zero-order chi connectivity index (χ0) is 15.1. The fourth-order valence-electron chi connectivity index (χ4n) is 2.25. The van der Waals surface area contributed by atoms with Gasteiger partial charge in [-0.15, -0.1) is 0 Å². The molecular weight excluding hydrogens is 260 g/mol. The van der Waals surface area contributed by atoms with Crippen LogP contribution in [0.15, 0.2) is 36.7 Å². The molecule has 0 atom stereocenters. The highest BCUT2D eigenvalue weighted by Crippen LogP contribution is 2.14. The molecule has 0 saturated carbocycles. The van der Waals surface area contributed by atoms with Crippen LogP contribution in [0.1, 0.15) is 23.7 Å². The minimum Gasteiger partial charge on any atom is -0.359 e. The molecule has 4 nitrogen and oxygen atoms in total. The number of hydrogen-bond acceptors (Lipinski definition) is 4. The maximum absolute atomic E-state index is 4.64. The summed E-state index contributed by atoms with van der Waals surface area (Å²) in [6, 6.07) is 8.44. The molecule has 0 unspecified atom stereocenters. The Bertz CT molecular complexity index is 554. The van der Waals surface area contributed by atoms with Gasteiger partial charge in [0.15, 0.2) is 0 Å². The molecule has 0 aliphatic heterocycles. The Morgan fingerprint density at radius 1 is 1.14 bits per heavy atom. The summed E-state index contributed by atoms with van der Waals surface area (Å²) in [5.74, 6) is 1.04. The molecule has 2 aromatic rings. The van der Waals surface area contributed by atoms with Gasteiger partial charge in [0.05, 0.1) is 0 Å². The quantitative estimate of drug-likeness (QED) is 0.848. The number of pyridine rings is 2. The number of nitrogens with zero attached hydrogens (tertiary/aromatic N) is 3. The first-order valence-corrected chi connectivity index (χ1v) is 7.47. The van der Waals surface area contributed by atoms with E-state index in [2.05, 4.69) is 65.3 Å². The number of aromatic nitrogens is 2. The Labute approximate surface area is 127 Å². The largest absolute Gasteiger partial charge is 0.359 e. The molecule has 0 spiro atoms. The normalized spacial score (nSPS) is 10.6. The molecule has 2 aromatic heterocycles. The van der Waals surface area contributed by atoms with Crippen molar-refractivity contribution >= 4 is 5.82 Å². The van der Waals surface area contributed by atoms with Crippen molar-refractivity contribution in [3.8, 4) is 0 Å². The standard InChI is InChI=1S/C17H24N4/c1-4-18-13-16-11-14(2)20-17(12-16)21(3)10-7-15-5-8-19-9-6-15/h5-6,8-9,11-12,18H,4,7,10,13H2,1-3H3. The fourth-order valence-corrected chi connectivity index (χ4v) is 2.25. The van der Waals surface area contributed by atoms with Gasteiger partial charge < -0.3 is 10.2 Å². The summed E-state index contributed by atoms with van der Waals surface area (Å²) in [4.78, 5) is 10.9. The lowest BCUT2D eigenvalue weighted by Crippen LogP contribution is -2.22. The van der Waals surface area contributed by atoms with Gasteiger partial charge >= 0.3 is 0 Å². The summed E-state index contributed by atoms with van der Waals surface area (Å²) in [5.41, 5.74) is 3.66. The minimum atomic E-state index is 0.894. The van der Waals surface area contributed by atoms with Crippen molar-refractivity contribution in [3.63, 3.8) is 0 Å². The van der Waals surface area contributed by atoms with Crippen LogP contribution in [0.5, 0.6) is 0 Å². The Morgan fingerprint density at radius 2 is 1.90 bits per heavy atom. The van der Waals surface area contributed by atoms with Crippen molar-refractivity contribution in [1.82, 2.24) is 15.3 Å². The highest BCUT2D eigenvalue weighted by atomic mass is 15.2. The van der Waals surface area contributed by atoms with Gasteiger partial charge in [0.2, 0.25) is 0 Å². The lowest BCUT2D eigenvalue weighted by molar-refractivity contribution is 0.724. The number of anilines is 1. The van der Waals surface area contributed by atoms with Gasteiger partial charge in [-0.1, -0.05) is 6.92 Å². The van der Waals surface area contributed by atoms with Crippen LogP contribution in [0.25, 0.3) is 0 Å². The molecular formula is C17H24N4. The zero-order valence-corrected chi connectivity index (χ0v) is 13.1. The topological polar surface area (TPSA) is 41.1 Å². The van der Waals surface area contributed by atoms with E-state index in [-0.39, 0.29) is 0 Å². The van der Waals surface area contributed by atoms with Crippen molar-refractivity contribution < 1.29 is 0 Å². The second-order valence-electron chi connectivity index (χ2n) is 5.28. The predicted molar refractivity (Wildman–Crippen MR) is 87.6 cm³/mol. The van der Waals surface area contributed by atoms with Gasteiger partial charge in [-0.25, -0.2) is 4.98 Å². The molecule has 0 fully saturated rings. The summed E-state index contributed by atoms with van der Waals surface area (Å²) in [6.07, 6.45) is 4.68.